The van der Waals surface area contributed by atoms with Crippen LogP contribution in [0.25, 0.3) is 0 Å². The highest BCUT2D eigenvalue weighted by Crippen LogP contribution is 2.32. The van der Waals surface area contributed by atoms with Gasteiger partial charge in [0.1, 0.15) is 5.75 Å². The fraction of sp³-hybridized carbons (Fsp3) is 0.0526. The van der Waals surface area contributed by atoms with Gasteiger partial charge in [-0.2, -0.15) is 0 Å². The van der Waals surface area contributed by atoms with Gasteiger partial charge in [0.2, 0.25) is 0 Å². The van der Waals surface area contributed by atoms with Gasteiger partial charge in [-0.1, -0.05) is 53.2 Å². The lowest BCUT2D eigenvalue weighted by Gasteiger charge is -2.12. The SMILES string of the molecule is Oc1ccc(Cl)cc1NCc1ccccc1Sc1ccc(Cl)cc1. The number of phenols is 1. The number of benzene rings is 3. The molecule has 122 valence electrons. The van der Waals surface area contributed by atoms with Crippen LogP contribution in [-0.2, 0) is 6.54 Å². The van der Waals surface area contributed by atoms with Gasteiger partial charge >= 0.3 is 0 Å². The van der Waals surface area contributed by atoms with Gasteiger partial charge in [0, 0.05) is 26.4 Å². The number of aromatic hydroxyl groups is 1. The molecule has 0 fully saturated rings. The molecule has 0 heterocycles. The Morgan fingerprint density at radius 3 is 2.38 bits per heavy atom. The molecule has 3 aromatic rings. The van der Waals surface area contributed by atoms with Crippen molar-refractivity contribution < 1.29 is 5.11 Å². The van der Waals surface area contributed by atoms with Crippen molar-refractivity contribution >= 4 is 40.7 Å². The minimum Gasteiger partial charge on any atom is -0.506 e. The number of rotatable bonds is 5. The zero-order valence-electron chi connectivity index (χ0n) is 12.7. The molecule has 3 rings (SSSR count). The number of nitrogens with one attached hydrogen (secondary N) is 1. The average molecular weight is 376 g/mol. The van der Waals surface area contributed by atoms with Crippen LogP contribution in [0.1, 0.15) is 5.56 Å². The quantitative estimate of drug-likeness (QED) is 0.501. The van der Waals surface area contributed by atoms with Crippen LogP contribution in [0.5, 0.6) is 5.75 Å². The lowest BCUT2D eigenvalue weighted by atomic mass is 10.2. The molecule has 0 saturated heterocycles. The van der Waals surface area contributed by atoms with Gasteiger partial charge in [0.25, 0.3) is 0 Å². The summed E-state index contributed by atoms with van der Waals surface area (Å²) in [6.07, 6.45) is 0. The van der Waals surface area contributed by atoms with Crippen molar-refractivity contribution in [3.63, 3.8) is 0 Å². The molecular formula is C19H15Cl2NOS. The zero-order chi connectivity index (χ0) is 16.9. The lowest BCUT2D eigenvalue weighted by Crippen LogP contribution is -2.01. The highest BCUT2D eigenvalue weighted by atomic mass is 35.5. The maximum absolute atomic E-state index is 9.90. The summed E-state index contributed by atoms with van der Waals surface area (Å²) >= 11 is 13.6. The van der Waals surface area contributed by atoms with E-state index in [1.807, 2.05) is 36.4 Å². The predicted molar refractivity (Wildman–Crippen MR) is 102 cm³/mol. The van der Waals surface area contributed by atoms with Gasteiger partial charge in [-0.3, -0.25) is 0 Å². The molecule has 0 aliphatic rings. The van der Waals surface area contributed by atoms with Crippen molar-refractivity contribution in [1.82, 2.24) is 0 Å². The van der Waals surface area contributed by atoms with E-state index < -0.39 is 0 Å². The standard InChI is InChI=1S/C19H15Cl2NOS/c20-14-5-8-16(9-6-14)24-19-4-2-1-3-13(19)12-22-17-11-15(21)7-10-18(17)23/h1-11,22-23H,12H2. The molecule has 0 bridgehead atoms. The Bertz CT molecular complexity index is 837. The zero-order valence-corrected chi connectivity index (χ0v) is 15.0. The summed E-state index contributed by atoms with van der Waals surface area (Å²) in [7, 11) is 0. The Hall–Kier alpha value is -1.81. The number of anilines is 1. The Labute approximate surface area is 155 Å². The summed E-state index contributed by atoms with van der Waals surface area (Å²) in [6.45, 7) is 0.588. The first-order valence-corrected chi connectivity index (χ1v) is 8.93. The van der Waals surface area contributed by atoms with Crippen LogP contribution in [0.3, 0.4) is 0 Å². The molecule has 3 aromatic carbocycles. The molecule has 0 aliphatic heterocycles. The van der Waals surface area contributed by atoms with Crippen LogP contribution in [-0.4, -0.2) is 5.11 Å². The van der Waals surface area contributed by atoms with Crippen molar-refractivity contribution in [1.29, 1.82) is 0 Å². The van der Waals surface area contributed by atoms with Crippen molar-refractivity contribution in [3.8, 4) is 5.75 Å². The van der Waals surface area contributed by atoms with E-state index in [-0.39, 0.29) is 5.75 Å². The van der Waals surface area contributed by atoms with Crippen LogP contribution >= 0.6 is 35.0 Å². The van der Waals surface area contributed by atoms with E-state index in [1.165, 1.54) is 0 Å². The van der Waals surface area contributed by atoms with Crippen molar-refractivity contribution in [2.45, 2.75) is 16.3 Å². The second kappa shape index (κ2) is 7.84. The molecular weight excluding hydrogens is 361 g/mol. The molecule has 2 N–H and O–H groups in total. The van der Waals surface area contributed by atoms with Crippen LogP contribution in [0, 0.1) is 0 Å². The molecule has 24 heavy (non-hydrogen) atoms. The second-order valence-electron chi connectivity index (χ2n) is 5.18. The Morgan fingerprint density at radius 2 is 1.58 bits per heavy atom. The first-order valence-electron chi connectivity index (χ1n) is 7.35. The molecule has 5 heteroatoms. The summed E-state index contributed by atoms with van der Waals surface area (Å²) in [5.41, 5.74) is 1.76. The van der Waals surface area contributed by atoms with Gasteiger partial charge < -0.3 is 10.4 Å². The molecule has 0 aromatic heterocycles. The van der Waals surface area contributed by atoms with Crippen LogP contribution < -0.4 is 5.32 Å². The third kappa shape index (κ3) is 4.38. The van der Waals surface area contributed by atoms with Gasteiger partial charge in [-0.15, -0.1) is 0 Å². The number of halogens is 2. The third-order valence-corrected chi connectivity index (χ3v) is 5.06. The van der Waals surface area contributed by atoms with Crippen LogP contribution in [0.2, 0.25) is 10.0 Å². The van der Waals surface area contributed by atoms with E-state index in [4.69, 9.17) is 23.2 Å². The highest BCUT2D eigenvalue weighted by Gasteiger charge is 2.06. The first kappa shape index (κ1) is 17.0. The third-order valence-electron chi connectivity index (χ3n) is 3.44. The predicted octanol–water partition coefficient (Wildman–Crippen LogP) is 6.46. The second-order valence-corrected chi connectivity index (χ2v) is 7.17. The average Bonchev–Trinajstić information content (AvgIpc) is 2.59. The summed E-state index contributed by atoms with van der Waals surface area (Å²) in [5.74, 6) is 0.183. The first-order chi connectivity index (χ1) is 11.6. The van der Waals surface area contributed by atoms with Crippen molar-refractivity contribution in [2.24, 2.45) is 0 Å². The number of hydrogen-bond donors (Lipinski definition) is 2. The topological polar surface area (TPSA) is 32.3 Å². The minimum atomic E-state index is 0.183. The molecule has 0 radical (unpaired) electrons. The monoisotopic (exact) mass is 375 g/mol. The van der Waals surface area contributed by atoms with Gasteiger partial charge in [0.15, 0.2) is 0 Å². The molecule has 0 saturated carbocycles. The smallest absolute Gasteiger partial charge is 0.138 e. The molecule has 0 spiro atoms. The van der Waals surface area contributed by atoms with E-state index in [2.05, 4.69) is 17.4 Å². The maximum Gasteiger partial charge on any atom is 0.138 e. The molecule has 0 aliphatic carbocycles. The highest BCUT2D eigenvalue weighted by molar-refractivity contribution is 7.99. The Kier molecular flexibility index (Phi) is 5.56. The fourth-order valence-corrected chi connectivity index (χ4v) is 3.46. The summed E-state index contributed by atoms with van der Waals surface area (Å²) in [6, 6.07) is 20.9. The summed E-state index contributed by atoms with van der Waals surface area (Å²) < 4.78 is 0. The number of hydrogen-bond acceptors (Lipinski definition) is 3. The van der Waals surface area contributed by atoms with Crippen LogP contribution in [0.15, 0.2) is 76.5 Å². The van der Waals surface area contributed by atoms with E-state index in [0.29, 0.717) is 17.3 Å². The fourth-order valence-electron chi connectivity index (χ4n) is 2.22. The van der Waals surface area contributed by atoms with E-state index >= 15 is 0 Å². The van der Waals surface area contributed by atoms with E-state index in [9.17, 15) is 5.11 Å². The van der Waals surface area contributed by atoms with Crippen molar-refractivity contribution in [3.05, 3.63) is 82.3 Å². The molecule has 0 amide bonds. The Balaban J connectivity index is 1.76. The van der Waals surface area contributed by atoms with Gasteiger partial charge in [-0.05, 0) is 54.1 Å². The molecule has 2 nitrogen and oxygen atoms in total. The number of phenolic OH excluding ortho intramolecular Hbond substituents is 1. The largest absolute Gasteiger partial charge is 0.506 e. The van der Waals surface area contributed by atoms with Gasteiger partial charge in [-0.25, -0.2) is 0 Å². The van der Waals surface area contributed by atoms with Crippen molar-refractivity contribution in [2.75, 3.05) is 5.32 Å². The Morgan fingerprint density at radius 1 is 0.875 bits per heavy atom. The maximum atomic E-state index is 9.90. The van der Waals surface area contributed by atoms with E-state index in [0.717, 1.165) is 20.4 Å². The normalized spacial score (nSPS) is 10.6. The van der Waals surface area contributed by atoms with Crippen LogP contribution in [0.4, 0.5) is 5.69 Å². The summed E-state index contributed by atoms with van der Waals surface area (Å²) in [4.78, 5) is 2.27. The van der Waals surface area contributed by atoms with E-state index in [1.54, 1.807) is 30.0 Å². The summed E-state index contributed by atoms with van der Waals surface area (Å²) in [5, 5.41) is 14.5. The minimum absolute atomic E-state index is 0.183. The van der Waals surface area contributed by atoms with Gasteiger partial charge in [0.05, 0.1) is 5.69 Å². The molecule has 0 atom stereocenters. The molecule has 0 unspecified atom stereocenters. The lowest BCUT2D eigenvalue weighted by molar-refractivity contribution is 0.477.